The zero-order chi connectivity index (χ0) is 16.8. The second-order valence-electron chi connectivity index (χ2n) is 5.41. The molecular weight excluding hydrogens is 312 g/mol. The highest BCUT2D eigenvalue weighted by molar-refractivity contribution is 6.33. The van der Waals surface area contributed by atoms with E-state index in [1.807, 2.05) is 30.3 Å². The molecule has 1 atom stereocenters. The van der Waals surface area contributed by atoms with Gasteiger partial charge in [0.25, 0.3) is 5.91 Å². The van der Waals surface area contributed by atoms with E-state index in [-0.39, 0.29) is 18.2 Å². The summed E-state index contributed by atoms with van der Waals surface area (Å²) < 4.78 is 0. The van der Waals surface area contributed by atoms with E-state index in [9.17, 15) is 9.59 Å². The predicted octanol–water partition coefficient (Wildman–Crippen LogP) is 3.29. The van der Waals surface area contributed by atoms with Gasteiger partial charge in [0.2, 0.25) is 5.91 Å². The lowest BCUT2D eigenvalue weighted by molar-refractivity contribution is -0.129. The molecule has 120 valence electrons. The van der Waals surface area contributed by atoms with E-state index in [0.29, 0.717) is 10.6 Å². The van der Waals surface area contributed by atoms with Crippen molar-refractivity contribution < 1.29 is 9.59 Å². The van der Waals surface area contributed by atoms with Crippen molar-refractivity contribution in [1.82, 2.24) is 10.2 Å². The molecule has 0 saturated carbocycles. The SMILES string of the molecule is CN(C)C(=O)CC(NC(=O)c1ccccc1Cl)c1ccccc1. The van der Waals surface area contributed by atoms with Crippen molar-refractivity contribution in [2.45, 2.75) is 12.5 Å². The Bertz CT molecular complexity index is 686. The Labute approximate surface area is 141 Å². The summed E-state index contributed by atoms with van der Waals surface area (Å²) in [6.45, 7) is 0. The van der Waals surface area contributed by atoms with Crippen molar-refractivity contribution in [3.05, 3.63) is 70.7 Å². The summed E-state index contributed by atoms with van der Waals surface area (Å²) in [5.74, 6) is -0.352. The summed E-state index contributed by atoms with van der Waals surface area (Å²) >= 11 is 6.07. The number of carbonyl (C=O) groups excluding carboxylic acids is 2. The van der Waals surface area contributed by atoms with E-state index in [1.54, 1.807) is 38.4 Å². The molecule has 0 radical (unpaired) electrons. The van der Waals surface area contributed by atoms with Crippen molar-refractivity contribution in [3.63, 3.8) is 0 Å². The minimum absolute atomic E-state index is 0.0571. The van der Waals surface area contributed by atoms with Crippen molar-refractivity contribution in [2.24, 2.45) is 0 Å². The summed E-state index contributed by atoms with van der Waals surface area (Å²) in [4.78, 5) is 26.1. The maximum absolute atomic E-state index is 12.5. The smallest absolute Gasteiger partial charge is 0.253 e. The van der Waals surface area contributed by atoms with Crippen molar-refractivity contribution in [3.8, 4) is 0 Å². The number of nitrogens with one attached hydrogen (secondary N) is 1. The molecule has 23 heavy (non-hydrogen) atoms. The molecule has 0 fully saturated rings. The third-order valence-electron chi connectivity index (χ3n) is 3.50. The van der Waals surface area contributed by atoms with Gasteiger partial charge in [-0.05, 0) is 17.7 Å². The number of hydrogen-bond acceptors (Lipinski definition) is 2. The first kappa shape index (κ1) is 17.0. The normalized spacial score (nSPS) is 11.6. The Morgan fingerprint density at radius 2 is 1.65 bits per heavy atom. The topological polar surface area (TPSA) is 49.4 Å². The minimum atomic E-state index is -0.408. The molecule has 0 saturated heterocycles. The molecule has 1 N–H and O–H groups in total. The van der Waals surface area contributed by atoms with Gasteiger partial charge in [-0.3, -0.25) is 9.59 Å². The molecule has 0 spiro atoms. The van der Waals surface area contributed by atoms with Gasteiger partial charge in [0, 0.05) is 14.1 Å². The van der Waals surface area contributed by atoms with Gasteiger partial charge in [0.05, 0.1) is 23.0 Å². The van der Waals surface area contributed by atoms with Gasteiger partial charge >= 0.3 is 0 Å². The average molecular weight is 331 g/mol. The van der Waals surface area contributed by atoms with Crippen LogP contribution in [0.25, 0.3) is 0 Å². The lowest BCUT2D eigenvalue weighted by Crippen LogP contribution is -2.33. The van der Waals surface area contributed by atoms with E-state index in [4.69, 9.17) is 11.6 Å². The molecule has 0 aromatic heterocycles. The summed E-state index contributed by atoms with van der Waals surface area (Å²) in [5, 5.41) is 3.29. The van der Waals surface area contributed by atoms with Gasteiger partial charge in [-0.15, -0.1) is 0 Å². The number of amides is 2. The number of carbonyl (C=O) groups is 2. The van der Waals surface area contributed by atoms with Crippen LogP contribution in [0.3, 0.4) is 0 Å². The largest absolute Gasteiger partial charge is 0.349 e. The maximum atomic E-state index is 12.5. The van der Waals surface area contributed by atoms with E-state index in [1.165, 1.54) is 4.90 Å². The van der Waals surface area contributed by atoms with Crippen LogP contribution in [0.15, 0.2) is 54.6 Å². The zero-order valence-corrected chi connectivity index (χ0v) is 13.9. The standard InChI is InChI=1S/C18H19ClN2O2/c1-21(2)17(22)12-16(13-8-4-3-5-9-13)20-18(23)14-10-6-7-11-15(14)19/h3-11,16H,12H2,1-2H3,(H,20,23). The van der Waals surface area contributed by atoms with Crippen LogP contribution in [0.4, 0.5) is 0 Å². The summed E-state index contributed by atoms with van der Waals surface area (Å²) in [5.41, 5.74) is 1.27. The predicted molar refractivity (Wildman–Crippen MR) is 91.4 cm³/mol. The highest BCUT2D eigenvalue weighted by Gasteiger charge is 2.21. The fraction of sp³-hybridized carbons (Fsp3) is 0.222. The molecule has 1 unspecified atom stereocenters. The molecule has 2 aromatic rings. The van der Waals surface area contributed by atoms with Gasteiger partial charge < -0.3 is 10.2 Å². The number of rotatable bonds is 5. The van der Waals surface area contributed by atoms with Crippen LogP contribution in [0, 0.1) is 0 Å². The molecule has 0 bridgehead atoms. The molecular formula is C18H19ClN2O2. The molecule has 5 heteroatoms. The fourth-order valence-electron chi connectivity index (χ4n) is 2.18. The minimum Gasteiger partial charge on any atom is -0.349 e. The summed E-state index contributed by atoms with van der Waals surface area (Å²) in [7, 11) is 3.39. The second-order valence-corrected chi connectivity index (χ2v) is 5.82. The first-order chi connectivity index (χ1) is 11.0. The average Bonchev–Trinajstić information content (AvgIpc) is 2.55. The van der Waals surface area contributed by atoms with Crippen LogP contribution in [0.2, 0.25) is 5.02 Å². The summed E-state index contributed by atoms with van der Waals surface area (Å²) in [6.07, 6.45) is 0.188. The Balaban J connectivity index is 2.22. The molecule has 4 nitrogen and oxygen atoms in total. The van der Waals surface area contributed by atoms with Gasteiger partial charge in [-0.25, -0.2) is 0 Å². The Hall–Kier alpha value is -2.33. The number of halogens is 1. The van der Waals surface area contributed by atoms with Gasteiger partial charge in [-0.2, -0.15) is 0 Å². The van der Waals surface area contributed by atoms with E-state index < -0.39 is 6.04 Å². The van der Waals surface area contributed by atoms with Crippen LogP contribution in [0.5, 0.6) is 0 Å². The molecule has 2 aromatic carbocycles. The molecule has 0 aliphatic rings. The molecule has 2 amide bonds. The van der Waals surface area contributed by atoms with Crippen LogP contribution in [0.1, 0.15) is 28.4 Å². The van der Waals surface area contributed by atoms with E-state index in [2.05, 4.69) is 5.32 Å². The van der Waals surface area contributed by atoms with Crippen LogP contribution >= 0.6 is 11.6 Å². The summed E-state index contributed by atoms with van der Waals surface area (Å²) in [6, 6.07) is 15.9. The third-order valence-corrected chi connectivity index (χ3v) is 3.83. The lowest BCUT2D eigenvalue weighted by Gasteiger charge is -2.21. The van der Waals surface area contributed by atoms with Crippen LogP contribution in [-0.4, -0.2) is 30.8 Å². The zero-order valence-electron chi connectivity index (χ0n) is 13.1. The van der Waals surface area contributed by atoms with E-state index in [0.717, 1.165) is 5.56 Å². The Morgan fingerprint density at radius 1 is 1.04 bits per heavy atom. The number of benzene rings is 2. The first-order valence-corrected chi connectivity index (χ1v) is 7.67. The van der Waals surface area contributed by atoms with Crippen LogP contribution in [-0.2, 0) is 4.79 Å². The monoisotopic (exact) mass is 330 g/mol. The maximum Gasteiger partial charge on any atom is 0.253 e. The number of nitrogens with zero attached hydrogens (tertiary/aromatic N) is 1. The van der Waals surface area contributed by atoms with Crippen molar-refractivity contribution in [1.29, 1.82) is 0 Å². The van der Waals surface area contributed by atoms with Gasteiger partial charge in [0.15, 0.2) is 0 Å². The van der Waals surface area contributed by atoms with Gasteiger partial charge in [0.1, 0.15) is 0 Å². The molecule has 0 aliphatic carbocycles. The third kappa shape index (κ3) is 4.57. The first-order valence-electron chi connectivity index (χ1n) is 7.29. The van der Waals surface area contributed by atoms with E-state index >= 15 is 0 Å². The molecule has 2 rings (SSSR count). The van der Waals surface area contributed by atoms with Crippen LogP contribution < -0.4 is 5.32 Å². The van der Waals surface area contributed by atoms with Crippen molar-refractivity contribution in [2.75, 3.05) is 14.1 Å². The van der Waals surface area contributed by atoms with Crippen molar-refractivity contribution >= 4 is 23.4 Å². The highest BCUT2D eigenvalue weighted by atomic mass is 35.5. The second kappa shape index (κ2) is 7.79. The van der Waals surface area contributed by atoms with Gasteiger partial charge in [-0.1, -0.05) is 54.1 Å². The quantitative estimate of drug-likeness (QED) is 0.914. The highest BCUT2D eigenvalue weighted by Crippen LogP contribution is 2.20. The Morgan fingerprint density at radius 3 is 2.26 bits per heavy atom. The lowest BCUT2D eigenvalue weighted by atomic mass is 10.0. The molecule has 0 aliphatic heterocycles. The molecule has 0 heterocycles. The fourth-order valence-corrected chi connectivity index (χ4v) is 2.40. The Kier molecular flexibility index (Phi) is 5.77. The number of hydrogen-bond donors (Lipinski definition) is 1.